The SMILES string of the molecule is CC(C)C1CCC(NCCCN(C)C(C)C)CC1. The molecule has 1 rings (SSSR count). The zero-order valence-electron chi connectivity index (χ0n) is 13.2. The predicted molar refractivity (Wildman–Crippen MR) is 81.0 cm³/mol. The molecule has 0 heterocycles. The average Bonchev–Trinajstić information content (AvgIpc) is 2.34. The van der Waals surface area contributed by atoms with E-state index in [1.165, 1.54) is 45.2 Å². The van der Waals surface area contributed by atoms with Crippen LogP contribution in [0.4, 0.5) is 0 Å². The molecule has 0 bridgehead atoms. The van der Waals surface area contributed by atoms with Crippen LogP contribution in [0, 0.1) is 11.8 Å². The molecule has 0 amide bonds. The highest BCUT2D eigenvalue weighted by atomic mass is 15.1. The van der Waals surface area contributed by atoms with E-state index in [2.05, 4.69) is 45.0 Å². The van der Waals surface area contributed by atoms with Crippen molar-refractivity contribution in [2.75, 3.05) is 20.1 Å². The Morgan fingerprint density at radius 3 is 2.17 bits per heavy atom. The van der Waals surface area contributed by atoms with Gasteiger partial charge in [-0.3, -0.25) is 0 Å². The second-order valence-corrected chi connectivity index (χ2v) is 6.74. The first-order valence-corrected chi connectivity index (χ1v) is 7.94. The van der Waals surface area contributed by atoms with Crippen molar-refractivity contribution in [2.24, 2.45) is 11.8 Å². The van der Waals surface area contributed by atoms with E-state index >= 15 is 0 Å². The first-order chi connectivity index (χ1) is 8.50. The van der Waals surface area contributed by atoms with Gasteiger partial charge in [0.25, 0.3) is 0 Å². The van der Waals surface area contributed by atoms with Crippen LogP contribution in [0.15, 0.2) is 0 Å². The highest BCUT2D eigenvalue weighted by Gasteiger charge is 2.22. The van der Waals surface area contributed by atoms with Gasteiger partial charge in [-0.25, -0.2) is 0 Å². The molecule has 0 radical (unpaired) electrons. The summed E-state index contributed by atoms with van der Waals surface area (Å²) in [7, 11) is 2.22. The lowest BCUT2D eigenvalue weighted by Gasteiger charge is -2.31. The third-order valence-corrected chi connectivity index (χ3v) is 4.72. The van der Waals surface area contributed by atoms with Crippen LogP contribution in [-0.2, 0) is 0 Å². The molecule has 0 spiro atoms. The van der Waals surface area contributed by atoms with E-state index in [0.29, 0.717) is 6.04 Å². The minimum Gasteiger partial charge on any atom is -0.314 e. The maximum atomic E-state index is 3.75. The molecular weight excluding hydrogens is 220 g/mol. The maximum Gasteiger partial charge on any atom is 0.00672 e. The van der Waals surface area contributed by atoms with Crippen LogP contribution in [0.2, 0.25) is 0 Å². The lowest BCUT2D eigenvalue weighted by Crippen LogP contribution is -2.36. The van der Waals surface area contributed by atoms with E-state index in [4.69, 9.17) is 0 Å². The lowest BCUT2D eigenvalue weighted by atomic mass is 9.80. The summed E-state index contributed by atoms with van der Waals surface area (Å²) in [6.07, 6.45) is 6.92. The molecule has 0 aromatic rings. The van der Waals surface area contributed by atoms with Crippen molar-refractivity contribution in [3.8, 4) is 0 Å². The summed E-state index contributed by atoms with van der Waals surface area (Å²) in [5, 5.41) is 3.75. The number of nitrogens with one attached hydrogen (secondary N) is 1. The molecule has 0 aromatic carbocycles. The van der Waals surface area contributed by atoms with Crippen LogP contribution < -0.4 is 5.32 Å². The minimum absolute atomic E-state index is 0.673. The van der Waals surface area contributed by atoms with Crippen LogP contribution in [0.3, 0.4) is 0 Å². The molecule has 2 nitrogen and oxygen atoms in total. The zero-order chi connectivity index (χ0) is 13.5. The molecule has 0 atom stereocenters. The fourth-order valence-corrected chi connectivity index (χ4v) is 2.88. The summed E-state index contributed by atoms with van der Waals surface area (Å²) < 4.78 is 0. The van der Waals surface area contributed by atoms with Crippen LogP contribution >= 0.6 is 0 Å². The molecule has 0 unspecified atom stereocenters. The topological polar surface area (TPSA) is 15.3 Å². The van der Waals surface area contributed by atoms with Crippen molar-refractivity contribution in [2.45, 2.75) is 71.9 Å². The number of nitrogens with zero attached hydrogens (tertiary/aromatic N) is 1. The quantitative estimate of drug-likeness (QED) is 0.699. The molecular formula is C16H34N2. The van der Waals surface area contributed by atoms with Crippen LogP contribution in [0.1, 0.15) is 59.8 Å². The highest BCUT2D eigenvalue weighted by Crippen LogP contribution is 2.29. The van der Waals surface area contributed by atoms with Crippen molar-refractivity contribution in [1.82, 2.24) is 10.2 Å². The summed E-state index contributed by atoms with van der Waals surface area (Å²) in [5.74, 6) is 1.86. The standard InChI is InChI=1S/C16H34N2/c1-13(2)15-7-9-16(10-8-15)17-11-6-12-18(5)14(3)4/h13-17H,6-12H2,1-5H3. The molecule has 1 fully saturated rings. The normalized spacial score (nSPS) is 25.3. The molecule has 2 heteroatoms. The van der Waals surface area contributed by atoms with Gasteiger partial charge in [0.1, 0.15) is 0 Å². The molecule has 18 heavy (non-hydrogen) atoms. The second-order valence-electron chi connectivity index (χ2n) is 6.74. The Balaban J connectivity index is 2.04. The number of hydrogen-bond donors (Lipinski definition) is 1. The Hall–Kier alpha value is -0.0800. The Morgan fingerprint density at radius 1 is 1.06 bits per heavy atom. The van der Waals surface area contributed by atoms with E-state index in [-0.39, 0.29) is 0 Å². The third kappa shape index (κ3) is 5.71. The van der Waals surface area contributed by atoms with Gasteiger partial charge in [-0.15, -0.1) is 0 Å². The molecule has 0 saturated heterocycles. The molecule has 108 valence electrons. The first-order valence-electron chi connectivity index (χ1n) is 7.94. The highest BCUT2D eigenvalue weighted by molar-refractivity contribution is 4.78. The number of rotatable bonds is 7. The predicted octanol–water partition coefficient (Wildman–Crippen LogP) is 3.52. The summed E-state index contributed by atoms with van der Waals surface area (Å²) in [6.45, 7) is 11.7. The summed E-state index contributed by atoms with van der Waals surface area (Å²) >= 11 is 0. The Labute approximate surface area is 115 Å². The third-order valence-electron chi connectivity index (χ3n) is 4.72. The van der Waals surface area contributed by atoms with Gasteiger partial charge < -0.3 is 10.2 Å². The largest absolute Gasteiger partial charge is 0.314 e. The van der Waals surface area contributed by atoms with Gasteiger partial charge in [-0.2, -0.15) is 0 Å². The van der Waals surface area contributed by atoms with E-state index in [1.54, 1.807) is 0 Å². The molecule has 1 aliphatic rings. The minimum atomic E-state index is 0.673. The van der Waals surface area contributed by atoms with Crippen molar-refractivity contribution >= 4 is 0 Å². The van der Waals surface area contributed by atoms with Gasteiger partial charge in [-0.1, -0.05) is 13.8 Å². The fraction of sp³-hybridized carbons (Fsp3) is 1.00. The average molecular weight is 254 g/mol. The maximum absolute atomic E-state index is 3.75. The Morgan fingerprint density at radius 2 is 1.67 bits per heavy atom. The van der Waals surface area contributed by atoms with Gasteiger partial charge >= 0.3 is 0 Å². The van der Waals surface area contributed by atoms with Gasteiger partial charge in [0, 0.05) is 12.1 Å². The molecule has 1 saturated carbocycles. The molecule has 1 aliphatic carbocycles. The summed E-state index contributed by atoms with van der Waals surface area (Å²) in [6, 6.07) is 1.47. The van der Waals surface area contributed by atoms with E-state index in [1.807, 2.05) is 0 Å². The van der Waals surface area contributed by atoms with Crippen molar-refractivity contribution in [3.63, 3.8) is 0 Å². The second kappa shape index (κ2) is 8.16. The van der Waals surface area contributed by atoms with Gasteiger partial charge in [-0.05, 0) is 77.9 Å². The smallest absolute Gasteiger partial charge is 0.00672 e. The van der Waals surface area contributed by atoms with Gasteiger partial charge in [0.2, 0.25) is 0 Å². The molecule has 0 aromatic heterocycles. The Bertz CT molecular complexity index is 205. The summed E-state index contributed by atoms with van der Waals surface area (Å²) in [5.41, 5.74) is 0. The van der Waals surface area contributed by atoms with Crippen LogP contribution in [0.25, 0.3) is 0 Å². The monoisotopic (exact) mass is 254 g/mol. The van der Waals surface area contributed by atoms with E-state index < -0.39 is 0 Å². The van der Waals surface area contributed by atoms with Crippen molar-refractivity contribution < 1.29 is 0 Å². The van der Waals surface area contributed by atoms with Crippen molar-refractivity contribution in [1.29, 1.82) is 0 Å². The first kappa shape index (κ1) is 16.0. The van der Waals surface area contributed by atoms with E-state index in [0.717, 1.165) is 17.9 Å². The fourth-order valence-electron chi connectivity index (χ4n) is 2.88. The summed E-state index contributed by atoms with van der Waals surface area (Å²) in [4.78, 5) is 2.43. The van der Waals surface area contributed by atoms with Crippen molar-refractivity contribution in [3.05, 3.63) is 0 Å². The molecule has 1 N–H and O–H groups in total. The van der Waals surface area contributed by atoms with Gasteiger partial charge in [0.05, 0.1) is 0 Å². The van der Waals surface area contributed by atoms with Crippen LogP contribution in [0.5, 0.6) is 0 Å². The molecule has 0 aliphatic heterocycles. The lowest BCUT2D eigenvalue weighted by molar-refractivity contribution is 0.232. The number of hydrogen-bond acceptors (Lipinski definition) is 2. The Kier molecular flexibility index (Phi) is 7.25. The van der Waals surface area contributed by atoms with Gasteiger partial charge in [0.15, 0.2) is 0 Å². The van der Waals surface area contributed by atoms with Crippen LogP contribution in [-0.4, -0.2) is 37.1 Å². The zero-order valence-corrected chi connectivity index (χ0v) is 13.2. The van der Waals surface area contributed by atoms with E-state index in [9.17, 15) is 0 Å².